The lowest BCUT2D eigenvalue weighted by Gasteiger charge is -2.26. The first-order valence-electron chi connectivity index (χ1n) is 10.4. The highest BCUT2D eigenvalue weighted by atomic mass is 32.2. The van der Waals surface area contributed by atoms with Gasteiger partial charge in [-0.2, -0.15) is 0 Å². The number of thioether (sulfide) groups is 1. The molecule has 2 fully saturated rings. The Labute approximate surface area is 171 Å². The first kappa shape index (κ1) is 19.6. The number of anilines is 1. The minimum absolute atomic E-state index is 0.361. The molecule has 0 amide bonds. The van der Waals surface area contributed by atoms with Crippen LogP contribution in [0.5, 0.6) is 5.75 Å². The Kier molecular flexibility index (Phi) is 6.75. The molecule has 2 heterocycles. The number of methoxy groups -OCH3 is 1. The summed E-state index contributed by atoms with van der Waals surface area (Å²) < 4.78 is 13.5. The fourth-order valence-electron chi connectivity index (χ4n) is 4.09. The van der Waals surface area contributed by atoms with Gasteiger partial charge in [0.1, 0.15) is 5.75 Å². The maximum Gasteiger partial charge on any atom is 0.191 e. The third-order valence-electron chi connectivity index (χ3n) is 5.62. The number of rotatable bonds is 8. The maximum atomic E-state index is 5.79. The Morgan fingerprint density at radius 3 is 2.86 bits per heavy atom. The van der Waals surface area contributed by atoms with Gasteiger partial charge in [0.25, 0.3) is 0 Å². The normalized spacial score (nSPS) is 20.4. The molecule has 1 saturated heterocycles. The standard InChI is InChI=1S/C21H30N4O2S/c1-26-18-10-5-7-16(13-18)22-14-20-23-24-21(28-15-19-11-6-12-27-19)25(20)17-8-3-2-4-9-17/h5,7,10,13,17,19,22H,2-4,6,8-9,11-12,14-15H2,1H3/t19-/m1/s1. The maximum absolute atomic E-state index is 5.79. The van der Waals surface area contributed by atoms with Crippen LogP contribution in [-0.2, 0) is 11.3 Å². The Morgan fingerprint density at radius 1 is 1.18 bits per heavy atom. The zero-order valence-electron chi connectivity index (χ0n) is 16.6. The van der Waals surface area contributed by atoms with Gasteiger partial charge < -0.3 is 19.4 Å². The summed E-state index contributed by atoms with van der Waals surface area (Å²) in [6.45, 7) is 1.56. The topological polar surface area (TPSA) is 61.2 Å². The summed E-state index contributed by atoms with van der Waals surface area (Å²) in [4.78, 5) is 0. The number of ether oxygens (including phenoxy) is 2. The molecule has 1 aromatic heterocycles. The summed E-state index contributed by atoms with van der Waals surface area (Å²) in [6, 6.07) is 8.52. The molecule has 0 unspecified atom stereocenters. The van der Waals surface area contributed by atoms with E-state index in [2.05, 4.69) is 26.1 Å². The summed E-state index contributed by atoms with van der Waals surface area (Å²) in [6.07, 6.45) is 9.07. The fourth-order valence-corrected chi connectivity index (χ4v) is 5.18. The van der Waals surface area contributed by atoms with Gasteiger partial charge in [-0.1, -0.05) is 37.1 Å². The minimum atomic E-state index is 0.361. The summed E-state index contributed by atoms with van der Waals surface area (Å²) in [5.74, 6) is 2.84. The third kappa shape index (κ3) is 4.81. The molecule has 6 nitrogen and oxygen atoms in total. The predicted molar refractivity (Wildman–Crippen MR) is 112 cm³/mol. The lowest BCUT2D eigenvalue weighted by atomic mass is 9.95. The largest absolute Gasteiger partial charge is 0.497 e. The molecule has 0 bridgehead atoms. The van der Waals surface area contributed by atoms with E-state index in [1.807, 2.05) is 18.2 Å². The summed E-state index contributed by atoms with van der Waals surface area (Å²) in [7, 11) is 1.69. The first-order chi connectivity index (χ1) is 13.8. The molecule has 1 aliphatic heterocycles. The zero-order valence-corrected chi connectivity index (χ0v) is 17.4. The molecule has 1 aliphatic carbocycles. The van der Waals surface area contributed by atoms with Crippen molar-refractivity contribution in [1.82, 2.24) is 14.8 Å². The molecule has 7 heteroatoms. The molecule has 1 aromatic carbocycles. The van der Waals surface area contributed by atoms with Crippen molar-refractivity contribution in [2.75, 3.05) is 24.8 Å². The predicted octanol–water partition coefficient (Wildman–Crippen LogP) is 4.68. The Bertz CT molecular complexity index is 755. The smallest absolute Gasteiger partial charge is 0.191 e. The average Bonchev–Trinajstić information content (AvgIpc) is 3.41. The molecule has 1 saturated carbocycles. The van der Waals surface area contributed by atoms with E-state index in [0.717, 1.165) is 41.2 Å². The third-order valence-corrected chi connectivity index (χ3v) is 6.69. The molecule has 2 aromatic rings. The van der Waals surface area contributed by atoms with Crippen LogP contribution in [0.3, 0.4) is 0 Å². The number of hydrogen-bond acceptors (Lipinski definition) is 6. The van der Waals surface area contributed by atoms with Crippen LogP contribution in [0.1, 0.15) is 56.8 Å². The molecule has 1 atom stereocenters. The highest BCUT2D eigenvalue weighted by Crippen LogP contribution is 2.33. The second-order valence-corrected chi connectivity index (χ2v) is 8.58. The van der Waals surface area contributed by atoms with E-state index >= 15 is 0 Å². The van der Waals surface area contributed by atoms with Crippen molar-refractivity contribution in [3.63, 3.8) is 0 Å². The van der Waals surface area contributed by atoms with Crippen LogP contribution >= 0.6 is 11.8 Å². The molecule has 28 heavy (non-hydrogen) atoms. The highest BCUT2D eigenvalue weighted by molar-refractivity contribution is 7.99. The number of nitrogens with one attached hydrogen (secondary N) is 1. The van der Waals surface area contributed by atoms with Gasteiger partial charge in [0.15, 0.2) is 11.0 Å². The molecular formula is C21H30N4O2S. The van der Waals surface area contributed by atoms with Crippen LogP contribution in [0.4, 0.5) is 5.69 Å². The SMILES string of the molecule is COc1cccc(NCc2nnc(SC[C@H]3CCCO3)n2C2CCCCC2)c1. The quantitative estimate of drug-likeness (QED) is 0.647. The van der Waals surface area contributed by atoms with Gasteiger partial charge in [0.05, 0.1) is 19.8 Å². The van der Waals surface area contributed by atoms with E-state index < -0.39 is 0 Å². The van der Waals surface area contributed by atoms with Crippen LogP contribution in [-0.4, -0.2) is 40.3 Å². The highest BCUT2D eigenvalue weighted by Gasteiger charge is 2.24. The first-order valence-corrected chi connectivity index (χ1v) is 11.4. The van der Waals surface area contributed by atoms with Crippen LogP contribution in [0.2, 0.25) is 0 Å². The van der Waals surface area contributed by atoms with Crippen molar-refractivity contribution >= 4 is 17.4 Å². The van der Waals surface area contributed by atoms with Crippen LogP contribution in [0.25, 0.3) is 0 Å². The summed E-state index contributed by atoms with van der Waals surface area (Å²) >= 11 is 1.80. The van der Waals surface area contributed by atoms with Crippen molar-refractivity contribution in [3.05, 3.63) is 30.1 Å². The lowest BCUT2D eigenvalue weighted by molar-refractivity contribution is 0.128. The van der Waals surface area contributed by atoms with E-state index in [-0.39, 0.29) is 0 Å². The van der Waals surface area contributed by atoms with Crippen molar-refractivity contribution < 1.29 is 9.47 Å². The monoisotopic (exact) mass is 402 g/mol. The Morgan fingerprint density at radius 2 is 2.07 bits per heavy atom. The molecule has 0 spiro atoms. The number of nitrogens with zero attached hydrogens (tertiary/aromatic N) is 3. The number of benzene rings is 1. The summed E-state index contributed by atoms with van der Waals surface area (Å²) in [5.41, 5.74) is 1.03. The molecule has 0 radical (unpaired) electrons. The van der Waals surface area contributed by atoms with E-state index in [1.165, 1.54) is 38.5 Å². The minimum Gasteiger partial charge on any atom is -0.497 e. The fraction of sp³-hybridized carbons (Fsp3) is 0.619. The molecule has 4 rings (SSSR count). The summed E-state index contributed by atoms with van der Waals surface area (Å²) in [5, 5.41) is 13.6. The van der Waals surface area contributed by atoms with Gasteiger partial charge in [-0.3, -0.25) is 0 Å². The van der Waals surface area contributed by atoms with Gasteiger partial charge in [-0.15, -0.1) is 10.2 Å². The van der Waals surface area contributed by atoms with Crippen LogP contribution in [0, 0.1) is 0 Å². The number of hydrogen-bond donors (Lipinski definition) is 1. The lowest BCUT2D eigenvalue weighted by Crippen LogP contribution is -2.19. The van der Waals surface area contributed by atoms with Gasteiger partial charge in [0.2, 0.25) is 0 Å². The van der Waals surface area contributed by atoms with E-state index in [4.69, 9.17) is 9.47 Å². The van der Waals surface area contributed by atoms with E-state index in [9.17, 15) is 0 Å². The van der Waals surface area contributed by atoms with Gasteiger partial charge in [0, 0.05) is 30.2 Å². The van der Waals surface area contributed by atoms with Crippen LogP contribution < -0.4 is 10.1 Å². The zero-order chi connectivity index (χ0) is 19.2. The van der Waals surface area contributed by atoms with Gasteiger partial charge >= 0.3 is 0 Å². The van der Waals surface area contributed by atoms with Crippen LogP contribution in [0.15, 0.2) is 29.4 Å². The molecule has 152 valence electrons. The average molecular weight is 403 g/mol. The van der Waals surface area contributed by atoms with Gasteiger partial charge in [-0.25, -0.2) is 0 Å². The van der Waals surface area contributed by atoms with Crippen molar-refractivity contribution in [3.8, 4) is 5.75 Å². The van der Waals surface area contributed by atoms with Crippen molar-refractivity contribution in [2.45, 2.75) is 68.8 Å². The molecular weight excluding hydrogens is 372 g/mol. The second-order valence-electron chi connectivity index (χ2n) is 7.59. The Balaban J connectivity index is 1.48. The molecule has 2 aliphatic rings. The van der Waals surface area contributed by atoms with E-state index in [0.29, 0.717) is 18.7 Å². The van der Waals surface area contributed by atoms with E-state index in [1.54, 1.807) is 18.9 Å². The number of aromatic nitrogens is 3. The second kappa shape index (κ2) is 9.65. The van der Waals surface area contributed by atoms with Crippen molar-refractivity contribution in [2.24, 2.45) is 0 Å². The van der Waals surface area contributed by atoms with Crippen molar-refractivity contribution in [1.29, 1.82) is 0 Å². The Hall–Kier alpha value is -1.73. The molecule has 1 N–H and O–H groups in total. The van der Waals surface area contributed by atoms with Gasteiger partial charge in [-0.05, 0) is 37.8 Å².